The highest BCUT2D eigenvalue weighted by Gasteiger charge is 2.41. The molecule has 170 valence electrons. The van der Waals surface area contributed by atoms with Crippen molar-refractivity contribution in [2.75, 3.05) is 20.1 Å². The van der Waals surface area contributed by atoms with Crippen molar-refractivity contribution >= 4 is 45.6 Å². The summed E-state index contributed by atoms with van der Waals surface area (Å²) in [6.07, 6.45) is 0.364. The Morgan fingerprint density at radius 2 is 1.88 bits per heavy atom. The number of nitrogens with zero attached hydrogens (tertiary/aromatic N) is 3. The van der Waals surface area contributed by atoms with Crippen LogP contribution in [0.3, 0.4) is 0 Å². The first kappa shape index (κ1) is 22.6. The lowest BCUT2D eigenvalue weighted by Crippen LogP contribution is -2.46. The number of benzene rings is 2. The van der Waals surface area contributed by atoms with E-state index in [0.717, 1.165) is 22.1 Å². The summed E-state index contributed by atoms with van der Waals surface area (Å²) >= 11 is 1.27. The smallest absolute Gasteiger partial charge is 0.410 e. The number of Topliss-reactive ketones (excluding diaryl/α,β-unsaturated/α-hetero) is 1. The molecule has 1 aromatic heterocycles. The number of hydrogen-bond donors (Lipinski definition) is 0. The summed E-state index contributed by atoms with van der Waals surface area (Å²) in [6, 6.07) is 15.8. The third kappa shape index (κ3) is 5.09. The zero-order valence-electron chi connectivity index (χ0n) is 18.0. The Morgan fingerprint density at radius 1 is 1.15 bits per heavy atom. The van der Waals surface area contributed by atoms with E-state index < -0.39 is 24.0 Å². The van der Waals surface area contributed by atoms with Crippen molar-refractivity contribution in [2.24, 2.45) is 5.92 Å². The number of carbonyl (C=O) groups is 4. The number of carbonyl (C=O) groups excluding carboxylic acids is 4. The summed E-state index contributed by atoms with van der Waals surface area (Å²) in [7, 11) is 1.46. The van der Waals surface area contributed by atoms with Crippen LogP contribution in [0.5, 0.6) is 0 Å². The number of thiazole rings is 1. The Morgan fingerprint density at radius 3 is 2.61 bits per heavy atom. The molecule has 8 nitrogen and oxygen atoms in total. The predicted octanol–water partition coefficient (Wildman–Crippen LogP) is 3.16. The van der Waals surface area contributed by atoms with Crippen LogP contribution in [0.15, 0.2) is 54.6 Å². The summed E-state index contributed by atoms with van der Waals surface area (Å²) in [4.78, 5) is 56.9. The van der Waals surface area contributed by atoms with E-state index >= 15 is 0 Å². The minimum Gasteiger partial charge on any atom is -0.445 e. The Balaban J connectivity index is 1.42. The molecule has 2 aromatic carbocycles. The second-order valence-corrected chi connectivity index (χ2v) is 8.97. The maximum absolute atomic E-state index is 13.2. The van der Waals surface area contributed by atoms with Gasteiger partial charge in [-0.25, -0.2) is 9.78 Å². The zero-order chi connectivity index (χ0) is 23.4. The second-order valence-electron chi connectivity index (χ2n) is 7.94. The van der Waals surface area contributed by atoms with Crippen LogP contribution in [0, 0.1) is 5.92 Å². The summed E-state index contributed by atoms with van der Waals surface area (Å²) in [6.45, 7) is -0.0345. The van der Waals surface area contributed by atoms with Gasteiger partial charge in [0, 0.05) is 19.5 Å². The molecule has 0 aliphatic carbocycles. The third-order valence-electron chi connectivity index (χ3n) is 5.54. The number of ether oxygens (including phenoxy) is 1. The number of ketones is 1. The summed E-state index contributed by atoms with van der Waals surface area (Å²) in [5, 5.41) is 0.307. The van der Waals surface area contributed by atoms with E-state index in [4.69, 9.17) is 4.74 Å². The van der Waals surface area contributed by atoms with Crippen molar-refractivity contribution in [1.29, 1.82) is 0 Å². The van der Waals surface area contributed by atoms with Gasteiger partial charge in [0.2, 0.25) is 11.7 Å². The normalized spacial score (nSPS) is 17.7. The van der Waals surface area contributed by atoms with Gasteiger partial charge in [0.15, 0.2) is 5.01 Å². The summed E-state index contributed by atoms with van der Waals surface area (Å²) < 4.78 is 6.14. The number of para-hydroxylation sites is 1. The van der Waals surface area contributed by atoms with Gasteiger partial charge in [-0.05, 0) is 24.1 Å². The molecule has 0 N–H and O–H groups in total. The molecule has 1 aliphatic heterocycles. The van der Waals surface area contributed by atoms with Crippen LogP contribution in [0.2, 0.25) is 0 Å². The SMILES string of the molecule is CN(CC(=O)N1C[C@@H](C=O)C[C@H]1C(=O)c1nc2ccccc2s1)C(=O)OCc1ccccc1. The van der Waals surface area contributed by atoms with Gasteiger partial charge in [-0.15, -0.1) is 11.3 Å². The molecule has 2 atom stereocenters. The highest BCUT2D eigenvalue weighted by molar-refractivity contribution is 7.20. The van der Waals surface area contributed by atoms with Crippen LogP contribution in [0.1, 0.15) is 21.8 Å². The molecular weight excluding hydrogens is 442 g/mol. The van der Waals surface area contributed by atoms with E-state index in [2.05, 4.69) is 4.98 Å². The predicted molar refractivity (Wildman–Crippen MR) is 123 cm³/mol. The van der Waals surface area contributed by atoms with E-state index in [0.29, 0.717) is 5.01 Å². The maximum atomic E-state index is 13.2. The molecule has 33 heavy (non-hydrogen) atoms. The van der Waals surface area contributed by atoms with Crippen molar-refractivity contribution in [3.05, 3.63) is 65.2 Å². The Labute approximate surface area is 194 Å². The van der Waals surface area contributed by atoms with Crippen LogP contribution in [0.25, 0.3) is 10.2 Å². The van der Waals surface area contributed by atoms with Crippen LogP contribution < -0.4 is 0 Å². The highest BCUT2D eigenvalue weighted by Crippen LogP contribution is 2.29. The van der Waals surface area contributed by atoms with Crippen LogP contribution in [-0.4, -0.2) is 65.0 Å². The molecule has 0 bridgehead atoms. The molecule has 1 saturated heterocycles. The lowest BCUT2D eigenvalue weighted by atomic mass is 10.0. The van der Waals surface area contributed by atoms with Gasteiger partial charge in [0.25, 0.3) is 0 Å². The first-order valence-electron chi connectivity index (χ1n) is 10.5. The molecule has 4 rings (SSSR count). The fraction of sp³-hybridized carbons (Fsp3) is 0.292. The molecule has 0 radical (unpaired) electrons. The molecule has 3 aromatic rings. The number of hydrogen-bond acceptors (Lipinski definition) is 7. The first-order valence-corrected chi connectivity index (χ1v) is 11.3. The van der Waals surface area contributed by atoms with Gasteiger partial charge in [-0.2, -0.15) is 0 Å². The maximum Gasteiger partial charge on any atom is 0.410 e. The van der Waals surface area contributed by atoms with Gasteiger partial charge in [-0.1, -0.05) is 42.5 Å². The monoisotopic (exact) mass is 465 g/mol. The molecule has 0 unspecified atom stereocenters. The molecule has 2 amide bonds. The van der Waals surface area contributed by atoms with E-state index in [1.807, 2.05) is 54.6 Å². The highest BCUT2D eigenvalue weighted by atomic mass is 32.1. The molecule has 2 heterocycles. The Kier molecular flexibility index (Phi) is 6.79. The molecule has 1 aliphatic rings. The molecular formula is C24H23N3O5S. The van der Waals surface area contributed by atoms with Crippen molar-refractivity contribution < 1.29 is 23.9 Å². The van der Waals surface area contributed by atoms with Crippen molar-refractivity contribution in [3.8, 4) is 0 Å². The number of aromatic nitrogens is 1. The summed E-state index contributed by atoms with van der Waals surface area (Å²) in [5.74, 6) is -1.14. The van der Waals surface area contributed by atoms with E-state index in [9.17, 15) is 19.2 Å². The van der Waals surface area contributed by atoms with Gasteiger partial charge in [-0.3, -0.25) is 9.59 Å². The molecule has 0 saturated carbocycles. The molecule has 9 heteroatoms. The average Bonchev–Trinajstić information content (AvgIpc) is 3.47. The van der Waals surface area contributed by atoms with Crippen LogP contribution in [0.4, 0.5) is 4.79 Å². The van der Waals surface area contributed by atoms with Gasteiger partial charge < -0.3 is 19.3 Å². The number of amides is 2. The number of likely N-dealkylation sites (tertiary alicyclic amines) is 1. The van der Waals surface area contributed by atoms with Gasteiger partial charge in [0.1, 0.15) is 19.4 Å². The van der Waals surface area contributed by atoms with Crippen molar-refractivity contribution in [3.63, 3.8) is 0 Å². The van der Waals surface area contributed by atoms with E-state index in [1.165, 1.54) is 28.2 Å². The fourth-order valence-corrected chi connectivity index (χ4v) is 4.75. The lowest BCUT2D eigenvalue weighted by molar-refractivity contribution is -0.132. The lowest BCUT2D eigenvalue weighted by Gasteiger charge is -2.25. The van der Waals surface area contributed by atoms with E-state index in [-0.39, 0.29) is 31.9 Å². The van der Waals surface area contributed by atoms with Crippen LogP contribution in [-0.2, 0) is 20.9 Å². The number of fused-ring (bicyclic) bond motifs is 1. The zero-order valence-corrected chi connectivity index (χ0v) is 18.9. The van der Waals surface area contributed by atoms with Crippen molar-refractivity contribution in [2.45, 2.75) is 19.1 Å². The number of aldehydes is 1. The van der Waals surface area contributed by atoms with E-state index in [1.54, 1.807) is 0 Å². The largest absolute Gasteiger partial charge is 0.445 e. The van der Waals surface area contributed by atoms with Crippen molar-refractivity contribution in [1.82, 2.24) is 14.8 Å². The van der Waals surface area contributed by atoms with Gasteiger partial charge in [0.05, 0.1) is 16.3 Å². The second kappa shape index (κ2) is 9.91. The van der Waals surface area contributed by atoms with Crippen LogP contribution >= 0.6 is 11.3 Å². The third-order valence-corrected chi connectivity index (χ3v) is 6.59. The van der Waals surface area contributed by atoms with Gasteiger partial charge >= 0.3 is 6.09 Å². The molecule has 0 spiro atoms. The number of likely N-dealkylation sites (N-methyl/N-ethyl adjacent to an activating group) is 1. The summed E-state index contributed by atoms with van der Waals surface area (Å²) in [5.41, 5.74) is 1.55. The number of rotatable bonds is 7. The Hall–Kier alpha value is -3.59. The standard InChI is InChI=1S/C24H23N3O5S/c1-26(24(31)32-15-16-7-3-2-4-8-16)13-21(29)27-12-17(14-28)11-19(27)22(30)23-25-18-9-5-6-10-20(18)33-23/h2-10,14,17,19H,11-13,15H2,1H3/t17-,19-/m0/s1. The minimum atomic E-state index is -0.790. The quantitative estimate of drug-likeness (QED) is 0.393. The topological polar surface area (TPSA) is 96.9 Å². The Bertz CT molecular complexity index is 1150. The average molecular weight is 466 g/mol. The fourth-order valence-electron chi connectivity index (χ4n) is 3.80. The minimum absolute atomic E-state index is 0.0911. The molecule has 1 fully saturated rings. The first-order chi connectivity index (χ1) is 16.0.